The van der Waals surface area contributed by atoms with E-state index in [2.05, 4.69) is 10.6 Å². The summed E-state index contributed by atoms with van der Waals surface area (Å²) in [5.74, 6) is -0.733. The smallest absolute Gasteiger partial charge is 0.317 e. The number of carboxylic acid groups (broad SMARTS) is 1. The number of amides is 2. The Hall–Kier alpha value is -2.35. The van der Waals surface area contributed by atoms with Crippen LogP contribution in [0.1, 0.15) is 38.3 Å². The van der Waals surface area contributed by atoms with Crippen LogP contribution in [0, 0.1) is 5.82 Å². The van der Waals surface area contributed by atoms with E-state index < -0.39 is 17.8 Å². The van der Waals surface area contributed by atoms with Crippen LogP contribution in [-0.4, -0.2) is 54.3 Å². The Morgan fingerprint density at radius 1 is 1.42 bits per heavy atom. The average Bonchev–Trinajstić information content (AvgIpc) is 2.55. The van der Waals surface area contributed by atoms with E-state index in [0.717, 1.165) is 0 Å². The van der Waals surface area contributed by atoms with Crippen molar-refractivity contribution >= 4 is 12.0 Å². The van der Waals surface area contributed by atoms with E-state index >= 15 is 0 Å². The second kappa shape index (κ2) is 8.84. The van der Waals surface area contributed by atoms with Gasteiger partial charge < -0.3 is 20.5 Å². The first-order valence-corrected chi connectivity index (χ1v) is 8.70. The Morgan fingerprint density at radius 2 is 2.12 bits per heavy atom. The largest absolute Gasteiger partial charge is 0.496 e. The third-order valence-electron chi connectivity index (χ3n) is 4.72. The summed E-state index contributed by atoms with van der Waals surface area (Å²) in [5.41, 5.74) is 0.563. The lowest BCUT2D eigenvalue weighted by Crippen LogP contribution is -2.56. The Bertz CT molecular complexity index is 649. The van der Waals surface area contributed by atoms with Gasteiger partial charge in [0.05, 0.1) is 19.7 Å². The number of carboxylic acids is 1. The lowest BCUT2D eigenvalue weighted by molar-refractivity contribution is -0.139. The van der Waals surface area contributed by atoms with Crippen LogP contribution in [0.5, 0.6) is 5.75 Å². The Kier molecular flexibility index (Phi) is 6.79. The van der Waals surface area contributed by atoms with Crippen molar-refractivity contribution in [1.82, 2.24) is 15.5 Å². The first-order valence-electron chi connectivity index (χ1n) is 8.70. The zero-order valence-corrected chi connectivity index (χ0v) is 15.3. The summed E-state index contributed by atoms with van der Waals surface area (Å²) in [4.78, 5) is 24.9. The van der Waals surface area contributed by atoms with Crippen molar-refractivity contribution in [2.24, 2.45) is 0 Å². The van der Waals surface area contributed by atoms with Gasteiger partial charge in [0.15, 0.2) is 0 Å². The SMILES string of the molecule is CCN(CC(=O)O)C1CC(NC(=O)NC(C)c2cc(F)ccc2OC)C1. The van der Waals surface area contributed by atoms with E-state index in [0.29, 0.717) is 30.7 Å². The third-order valence-corrected chi connectivity index (χ3v) is 4.72. The molecule has 0 spiro atoms. The van der Waals surface area contributed by atoms with Gasteiger partial charge in [-0.25, -0.2) is 9.18 Å². The van der Waals surface area contributed by atoms with Gasteiger partial charge in [-0.3, -0.25) is 9.69 Å². The first kappa shape index (κ1) is 20.0. The van der Waals surface area contributed by atoms with Crippen LogP contribution in [0.25, 0.3) is 0 Å². The number of hydrogen-bond acceptors (Lipinski definition) is 4. The molecular formula is C18H26FN3O4. The van der Waals surface area contributed by atoms with Crippen molar-refractivity contribution < 1.29 is 23.8 Å². The summed E-state index contributed by atoms with van der Waals surface area (Å²) in [6.45, 7) is 4.35. The highest BCUT2D eigenvalue weighted by atomic mass is 19.1. The molecule has 1 saturated carbocycles. The van der Waals surface area contributed by atoms with Crippen LogP contribution in [0.3, 0.4) is 0 Å². The number of carbonyl (C=O) groups excluding carboxylic acids is 1. The van der Waals surface area contributed by atoms with Crippen molar-refractivity contribution in [3.8, 4) is 5.75 Å². The molecule has 2 rings (SSSR count). The molecule has 0 aromatic heterocycles. The first-order chi connectivity index (χ1) is 12.3. The van der Waals surface area contributed by atoms with Gasteiger partial charge >= 0.3 is 12.0 Å². The minimum Gasteiger partial charge on any atom is -0.496 e. The third kappa shape index (κ3) is 5.08. The van der Waals surface area contributed by atoms with Crippen molar-refractivity contribution in [1.29, 1.82) is 0 Å². The van der Waals surface area contributed by atoms with Crippen LogP contribution in [0.15, 0.2) is 18.2 Å². The number of benzene rings is 1. The van der Waals surface area contributed by atoms with E-state index in [-0.39, 0.29) is 24.7 Å². The molecule has 2 amide bonds. The average molecular weight is 367 g/mol. The second-order valence-electron chi connectivity index (χ2n) is 6.50. The van der Waals surface area contributed by atoms with E-state index in [1.807, 2.05) is 11.8 Å². The number of likely N-dealkylation sites (N-methyl/N-ethyl adjacent to an activating group) is 1. The monoisotopic (exact) mass is 367 g/mol. The maximum atomic E-state index is 13.5. The van der Waals surface area contributed by atoms with Crippen LogP contribution in [-0.2, 0) is 4.79 Å². The van der Waals surface area contributed by atoms with Gasteiger partial charge in [0, 0.05) is 17.6 Å². The fourth-order valence-corrected chi connectivity index (χ4v) is 3.22. The number of aliphatic carboxylic acids is 1. The van der Waals surface area contributed by atoms with Crippen LogP contribution >= 0.6 is 0 Å². The highest BCUT2D eigenvalue weighted by Crippen LogP contribution is 2.27. The van der Waals surface area contributed by atoms with E-state index in [1.165, 1.54) is 25.3 Å². The molecule has 3 N–H and O–H groups in total. The summed E-state index contributed by atoms with van der Waals surface area (Å²) < 4.78 is 18.7. The summed E-state index contributed by atoms with van der Waals surface area (Å²) >= 11 is 0. The molecule has 0 heterocycles. The topological polar surface area (TPSA) is 90.9 Å². The van der Waals surface area contributed by atoms with Crippen molar-refractivity contribution in [3.05, 3.63) is 29.6 Å². The molecule has 1 fully saturated rings. The minimum atomic E-state index is -0.848. The molecule has 1 aromatic rings. The van der Waals surface area contributed by atoms with Crippen LogP contribution < -0.4 is 15.4 Å². The molecule has 1 atom stereocenters. The van der Waals surface area contributed by atoms with Gasteiger partial charge in [-0.1, -0.05) is 6.92 Å². The molecule has 1 aliphatic carbocycles. The number of nitrogens with zero attached hydrogens (tertiary/aromatic N) is 1. The van der Waals surface area contributed by atoms with Gasteiger partial charge in [-0.05, 0) is 44.5 Å². The number of rotatable bonds is 8. The van der Waals surface area contributed by atoms with Gasteiger partial charge in [0.1, 0.15) is 11.6 Å². The maximum absolute atomic E-state index is 13.5. The van der Waals surface area contributed by atoms with Gasteiger partial charge in [0.2, 0.25) is 0 Å². The predicted octanol–water partition coefficient (Wildman–Crippen LogP) is 2.13. The molecule has 8 heteroatoms. The van der Waals surface area contributed by atoms with E-state index in [1.54, 1.807) is 6.92 Å². The maximum Gasteiger partial charge on any atom is 0.317 e. The number of halogens is 1. The molecule has 7 nitrogen and oxygen atoms in total. The predicted molar refractivity (Wildman–Crippen MR) is 94.7 cm³/mol. The van der Waals surface area contributed by atoms with Crippen molar-refractivity contribution in [2.45, 2.75) is 44.8 Å². The summed E-state index contributed by atoms with van der Waals surface area (Å²) in [6.07, 6.45) is 1.43. The molecule has 26 heavy (non-hydrogen) atoms. The highest BCUT2D eigenvalue weighted by Gasteiger charge is 2.34. The fraction of sp³-hybridized carbons (Fsp3) is 0.556. The highest BCUT2D eigenvalue weighted by molar-refractivity contribution is 5.75. The Morgan fingerprint density at radius 3 is 2.69 bits per heavy atom. The molecule has 144 valence electrons. The van der Waals surface area contributed by atoms with Gasteiger partial charge in [-0.15, -0.1) is 0 Å². The van der Waals surface area contributed by atoms with Crippen molar-refractivity contribution in [2.75, 3.05) is 20.2 Å². The minimum absolute atomic E-state index is 0.00412. The molecule has 0 bridgehead atoms. The molecule has 0 saturated heterocycles. The zero-order valence-electron chi connectivity index (χ0n) is 15.3. The summed E-state index contributed by atoms with van der Waals surface area (Å²) in [6, 6.07) is 3.59. The van der Waals surface area contributed by atoms with Crippen LogP contribution in [0.4, 0.5) is 9.18 Å². The van der Waals surface area contributed by atoms with Crippen molar-refractivity contribution in [3.63, 3.8) is 0 Å². The zero-order chi connectivity index (χ0) is 19.3. The molecule has 1 unspecified atom stereocenters. The lowest BCUT2D eigenvalue weighted by atomic mass is 9.85. The summed E-state index contributed by atoms with van der Waals surface area (Å²) in [5, 5.41) is 14.6. The Labute approximate surface area is 152 Å². The molecule has 1 aromatic carbocycles. The number of carbonyl (C=O) groups is 2. The van der Waals surface area contributed by atoms with E-state index in [4.69, 9.17) is 9.84 Å². The van der Waals surface area contributed by atoms with Gasteiger partial charge in [-0.2, -0.15) is 0 Å². The fourth-order valence-electron chi connectivity index (χ4n) is 3.22. The standard InChI is InChI=1S/C18H26FN3O4/c1-4-22(10-17(23)24)14-8-13(9-14)21-18(25)20-11(2)15-7-12(19)5-6-16(15)26-3/h5-7,11,13-14H,4,8-10H2,1-3H3,(H,23,24)(H2,20,21,25). The second-order valence-corrected chi connectivity index (χ2v) is 6.50. The van der Waals surface area contributed by atoms with Crippen LogP contribution in [0.2, 0.25) is 0 Å². The molecular weight excluding hydrogens is 341 g/mol. The quantitative estimate of drug-likeness (QED) is 0.655. The molecule has 0 aliphatic heterocycles. The van der Waals surface area contributed by atoms with E-state index in [9.17, 15) is 14.0 Å². The number of nitrogens with one attached hydrogen (secondary N) is 2. The number of methoxy groups -OCH3 is 1. The molecule has 0 radical (unpaired) electrons. The number of urea groups is 1. The number of hydrogen-bond donors (Lipinski definition) is 3. The van der Waals surface area contributed by atoms with Gasteiger partial charge in [0.25, 0.3) is 0 Å². The number of ether oxygens (including phenoxy) is 1. The lowest BCUT2D eigenvalue weighted by Gasteiger charge is -2.42. The molecule has 1 aliphatic rings. The normalized spacial score (nSPS) is 20.2. The summed E-state index contributed by atoms with van der Waals surface area (Å²) in [7, 11) is 1.49. The Balaban J connectivity index is 1.83.